The zero-order valence-corrected chi connectivity index (χ0v) is 8.65. The first-order valence-electron chi connectivity index (χ1n) is 4.34. The van der Waals surface area contributed by atoms with E-state index in [1.54, 1.807) is 0 Å². The van der Waals surface area contributed by atoms with E-state index in [-0.39, 0.29) is 18.2 Å². The number of carboxylic acids is 1. The number of benzene rings is 1. The van der Waals surface area contributed by atoms with Crippen molar-refractivity contribution >= 4 is 17.6 Å². The van der Waals surface area contributed by atoms with Gasteiger partial charge in [0.1, 0.15) is 5.75 Å². The zero-order valence-electron chi connectivity index (χ0n) is 7.89. The van der Waals surface area contributed by atoms with Crippen LogP contribution in [0.1, 0.15) is 11.7 Å². The van der Waals surface area contributed by atoms with E-state index in [1.807, 2.05) is 0 Å². The lowest BCUT2D eigenvalue weighted by Gasteiger charge is -2.12. The lowest BCUT2D eigenvalue weighted by atomic mass is 10.1. The zero-order chi connectivity index (χ0) is 11.3. The van der Waals surface area contributed by atoms with Crippen molar-refractivity contribution in [1.29, 1.82) is 0 Å². The summed E-state index contributed by atoms with van der Waals surface area (Å²) in [4.78, 5) is 10.9. The minimum absolute atomic E-state index is 0.0835. The van der Waals surface area contributed by atoms with Crippen molar-refractivity contribution in [2.75, 3.05) is 12.5 Å². The van der Waals surface area contributed by atoms with E-state index in [9.17, 15) is 4.79 Å². The fraction of sp³-hybridized carbons (Fsp3) is 0.300. The van der Waals surface area contributed by atoms with Gasteiger partial charge in [-0.1, -0.05) is 12.1 Å². The summed E-state index contributed by atoms with van der Waals surface area (Å²) in [6.07, 6.45) is -1.04. The minimum Gasteiger partial charge on any atom is -0.508 e. The molecule has 0 fully saturated rings. The number of halogens is 1. The SMILES string of the molecule is O=C(O)C(OCCCl)c1ccc(O)cc1. The number of aliphatic carboxylic acids is 1. The summed E-state index contributed by atoms with van der Waals surface area (Å²) < 4.78 is 5.07. The first-order chi connectivity index (χ1) is 7.15. The highest BCUT2D eigenvalue weighted by molar-refractivity contribution is 6.17. The van der Waals surface area contributed by atoms with E-state index in [0.29, 0.717) is 5.56 Å². The van der Waals surface area contributed by atoms with Crippen LogP contribution in [0.25, 0.3) is 0 Å². The van der Waals surface area contributed by atoms with Crippen molar-refractivity contribution in [2.45, 2.75) is 6.10 Å². The highest BCUT2D eigenvalue weighted by atomic mass is 35.5. The predicted octanol–water partition coefficient (Wildman–Crippen LogP) is 1.77. The molecule has 5 heteroatoms. The van der Waals surface area contributed by atoms with Gasteiger partial charge in [0, 0.05) is 5.88 Å². The molecule has 0 heterocycles. The highest BCUT2D eigenvalue weighted by Gasteiger charge is 2.19. The molecule has 0 radical (unpaired) electrons. The van der Waals surface area contributed by atoms with Crippen molar-refractivity contribution in [3.63, 3.8) is 0 Å². The molecule has 0 aromatic heterocycles. The molecular weight excluding hydrogens is 220 g/mol. The average molecular weight is 231 g/mol. The molecule has 0 aliphatic rings. The molecule has 0 saturated carbocycles. The van der Waals surface area contributed by atoms with Gasteiger partial charge < -0.3 is 14.9 Å². The number of hydrogen-bond donors (Lipinski definition) is 2. The Morgan fingerprint density at radius 3 is 2.47 bits per heavy atom. The van der Waals surface area contributed by atoms with Crippen LogP contribution in [0.4, 0.5) is 0 Å². The lowest BCUT2D eigenvalue weighted by Crippen LogP contribution is -2.16. The van der Waals surface area contributed by atoms with Gasteiger partial charge in [-0.3, -0.25) is 0 Å². The minimum atomic E-state index is -1.08. The van der Waals surface area contributed by atoms with Crippen LogP contribution in [0, 0.1) is 0 Å². The van der Waals surface area contributed by atoms with Gasteiger partial charge in [0.25, 0.3) is 0 Å². The first kappa shape index (κ1) is 11.8. The standard InChI is InChI=1S/C10H11ClO4/c11-5-6-15-9(10(13)14)7-1-3-8(12)4-2-7/h1-4,9,12H,5-6H2,(H,13,14). The number of carboxylic acid groups (broad SMARTS) is 1. The number of rotatable bonds is 5. The topological polar surface area (TPSA) is 66.8 Å². The molecule has 0 bridgehead atoms. The van der Waals surface area contributed by atoms with Crippen molar-refractivity contribution in [2.24, 2.45) is 0 Å². The summed E-state index contributed by atoms with van der Waals surface area (Å²) >= 11 is 5.41. The normalized spacial score (nSPS) is 12.3. The maximum absolute atomic E-state index is 10.9. The van der Waals surface area contributed by atoms with Crippen molar-refractivity contribution in [1.82, 2.24) is 0 Å². The monoisotopic (exact) mass is 230 g/mol. The van der Waals surface area contributed by atoms with Crippen molar-refractivity contribution in [3.8, 4) is 5.75 Å². The number of ether oxygens (including phenoxy) is 1. The number of alkyl halides is 1. The van der Waals surface area contributed by atoms with Crippen LogP contribution in [0.15, 0.2) is 24.3 Å². The fourth-order valence-electron chi connectivity index (χ4n) is 1.12. The van der Waals surface area contributed by atoms with Gasteiger partial charge in [-0.25, -0.2) is 4.79 Å². The van der Waals surface area contributed by atoms with Crippen LogP contribution in [0.2, 0.25) is 0 Å². The Kier molecular flexibility index (Phi) is 4.39. The summed E-state index contributed by atoms with van der Waals surface area (Å²) in [7, 11) is 0. The summed E-state index contributed by atoms with van der Waals surface area (Å²) in [5, 5.41) is 17.9. The van der Waals surface area contributed by atoms with Crippen LogP contribution >= 0.6 is 11.6 Å². The molecule has 0 saturated heterocycles. The largest absolute Gasteiger partial charge is 0.508 e. The molecule has 2 N–H and O–H groups in total. The molecule has 1 rings (SSSR count). The lowest BCUT2D eigenvalue weighted by molar-refractivity contribution is -0.150. The van der Waals surface area contributed by atoms with E-state index in [2.05, 4.69) is 0 Å². The molecular formula is C10H11ClO4. The highest BCUT2D eigenvalue weighted by Crippen LogP contribution is 2.20. The molecule has 82 valence electrons. The molecule has 0 amide bonds. The van der Waals surface area contributed by atoms with Gasteiger partial charge in [0.05, 0.1) is 6.61 Å². The Morgan fingerprint density at radius 2 is 2.00 bits per heavy atom. The van der Waals surface area contributed by atoms with Crippen LogP contribution in [-0.2, 0) is 9.53 Å². The Bertz CT molecular complexity index is 323. The number of phenolic OH excluding ortho intramolecular Hbond substituents is 1. The second-order valence-corrected chi connectivity index (χ2v) is 3.25. The van der Waals surface area contributed by atoms with Gasteiger partial charge in [-0.15, -0.1) is 11.6 Å². The Balaban J connectivity index is 2.79. The summed E-state index contributed by atoms with van der Waals surface area (Å²) in [6, 6.07) is 5.83. The third kappa shape index (κ3) is 3.42. The summed E-state index contributed by atoms with van der Waals surface area (Å²) in [6.45, 7) is 0.166. The van der Waals surface area contributed by atoms with Gasteiger partial charge >= 0.3 is 5.97 Å². The van der Waals surface area contributed by atoms with Gasteiger partial charge in [0.15, 0.2) is 6.10 Å². The summed E-state index contributed by atoms with van der Waals surface area (Å²) in [5.41, 5.74) is 0.477. The smallest absolute Gasteiger partial charge is 0.337 e. The number of phenols is 1. The molecule has 1 atom stereocenters. The molecule has 1 unspecified atom stereocenters. The second kappa shape index (κ2) is 5.58. The fourth-order valence-corrected chi connectivity index (χ4v) is 1.21. The third-order valence-electron chi connectivity index (χ3n) is 1.78. The van der Waals surface area contributed by atoms with E-state index >= 15 is 0 Å². The van der Waals surface area contributed by atoms with E-state index in [1.165, 1.54) is 24.3 Å². The average Bonchev–Trinajstić information content (AvgIpc) is 2.21. The first-order valence-corrected chi connectivity index (χ1v) is 4.88. The Labute approximate surface area is 92.1 Å². The summed E-state index contributed by atoms with van der Waals surface area (Å²) in [5.74, 6) is -0.756. The number of hydrogen-bond acceptors (Lipinski definition) is 3. The molecule has 0 aliphatic heterocycles. The molecule has 15 heavy (non-hydrogen) atoms. The van der Waals surface area contributed by atoms with Crippen molar-refractivity contribution in [3.05, 3.63) is 29.8 Å². The predicted molar refractivity (Wildman–Crippen MR) is 55.2 cm³/mol. The quantitative estimate of drug-likeness (QED) is 0.757. The van der Waals surface area contributed by atoms with Crippen LogP contribution in [0.5, 0.6) is 5.75 Å². The maximum Gasteiger partial charge on any atom is 0.337 e. The number of carbonyl (C=O) groups is 1. The Hall–Kier alpha value is -1.26. The van der Waals surface area contributed by atoms with Crippen LogP contribution in [0.3, 0.4) is 0 Å². The molecule has 1 aromatic carbocycles. The Morgan fingerprint density at radius 1 is 1.40 bits per heavy atom. The van der Waals surface area contributed by atoms with Gasteiger partial charge in [-0.2, -0.15) is 0 Å². The van der Waals surface area contributed by atoms with E-state index in [4.69, 9.17) is 26.6 Å². The third-order valence-corrected chi connectivity index (χ3v) is 1.94. The second-order valence-electron chi connectivity index (χ2n) is 2.87. The molecule has 1 aromatic rings. The molecule has 4 nitrogen and oxygen atoms in total. The van der Waals surface area contributed by atoms with Crippen LogP contribution in [-0.4, -0.2) is 28.7 Å². The maximum atomic E-state index is 10.9. The van der Waals surface area contributed by atoms with E-state index < -0.39 is 12.1 Å². The molecule has 0 aliphatic carbocycles. The van der Waals surface area contributed by atoms with Crippen LogP contribution < -0.4 is 0 Å². The van der Waals surface area contributed by atoms with Crippen molar-refractivity contribution < 1.29 is 19.7 Å². The van der Waals surface area contributed by atoms with E-state index in [0.717, 1.165) is 0 Å². The van der Waals surface area contributed by atoms with Gasteiger partial charge in [0.2, 0.25) is 0 Å². The van der Waals surface area contributed by atoms with Gasteiger partial charge in [-0.05, 0) is 17.7 Å². The molecule has 0 spiro atoms. The number of aromatic hydroxyl groups is 1.